The topological polar surface area (TPSA) is 64.4 Å². The first-order valence-electron chi connectivity index (χ1n) is 13.0. The summed E-state index contributed by atoms with van der Waals surface area (Å²) in [6, 6.07) is 24.0. The lowest BCUT2D eigenvalue weighted by Gasteiger charge is -2.30. The fourth-order valence-corrected chi connectivity index (χ4v) is 5.21. The number of nitrogens with zero attached hydrogens (tertiary/aromatic N) is 3. The molecule has 0 amide bonds. The van der Waals surface area contributed by atoms with Gasteiger partial charge in [0.1, 0.15) is 5.82 Å². The lowest BCUT2D eigenvalue weighted by atomic mass is 9.96. The third-order valence-electron chi connectivity index (χ3n) is 7.34. The van der Waals surface area contributed by atoms with Gasteiger partial charge in [0.25, 0.3) is 5.56 Å². The zero-order chi connectivity index (χ0) is 26.8. The average Bonchev–Trinajstić information content (AvgIpc) is 2.93. The third kappa shape index (κ3) is 5.18. The Morgan fingerprint density at radius 3 is 2.03 bits per heavy atom. The maximum absolute atomic E-state index is 14.2. The van der Waals surface area contributed by atoms with Crippen LogP contribution in [-0.4, -0.2) is 34.1 Å². The molecular formula is C32H33N3O3. The van der Waals surface area contributed by atoms with E-state index in [1.165, 1.54) is 18.2 Å². The summed E-state index contributed by atoms with van der Waals surface area (Å²) in [6.45, 7) is 8.12. The van der Waals surface area contributed by atoms with Crippen molar-refractivity contribution in [1.29, 1.82) is 0 Å². The summed E-state index contributed by atoms with van der Waals surface area (Å²) in [4.78, 5) is 33.1. The first-order valence-corrected chi connectivity index (χ1v) is 13.0. The number of carbonyl (C=O) groups is 1. The Bertz CT molecular complexity index is 1460. The summed E-state index contributed by atoms with van der Waals surface area (Å²) in [5.41, 5.74) is 7.77. The van der Waals surface area contributed by atoms with Crippen molar-refractivity contribution in [3.05, 3.63) is 134 Å². The molecule has 6 nitrogen and oxygen atoms in total. The van der Waals surface area contributed by atoms with Gasteiger partial charge in [0.05, 0.1) is 30.0 Å². The van der Waals surface area contributed by atoms with Gasteiger partial charge in [-0.3, -0.25) is 14.3 Å². The van der Waals surface area contributed by atoms with Crippen LogP contribution in [0.4, 0.5) is 0 Å². The lowest BCUT2D eigenvalue weighted by molar-refractivity contribution is 0.0600. The van der Waals surface area contributed by atoms with Gasteiger partial charge in [-0.05, 0) is 49.6 Å². The first-order chi connectivity index (χ1) is 18.3. The van der Waals surface area contributed by atoms with Crippen LogP contribution in [0.3, 0.4) is 0 Å². The number of rotatable bonds is 6. The number of hydrogen-bond donors (Lipinski definition) is 0. The van der Waals surface area contributed by atoms with Gasteiger partial charge >= 0.3 is 5.97 Å². The van der Waals surface area contributed by atoms with Crippen molar-refractivity contribution < 1.29 is 9.53 Å². The van der Waals surface area contributed by atoms with Crippen LogP contribution in [0.1, 0.15) is 61.3 Å². The van der Waals surface area contributed by atoms with Crippen molar-refractivity contribution in [2.24, 2.45) is 0 Å². The zero-order valence-corrected chi connectivity index (χ0v) is 22.4. The van der Waals surface area contributed by atoms with Gasteiger partial charge in [0.15, 0.2) is 0 Å². The second-order valence-electron chi connectivity index (χ2n) is 10.1. The Hall–Kier alpha value is -4.03. The van der Waals surface area contributed by atoms with Gasteiger partial charge < -0.3 is 4.74 Å². The monoisotopic (exact) mass is 507 g/mol. The Labute approximate surface area is 223 Å². The molecule has 38 heavy (non-hydrogen) atoms. The largest absolute Gasteiger partial charge is 0.465 e. The molecule has 2 heterocycles. The summed E-state index contributed by atoms with van der Waals surface area (Å²) in [5.74, 6) is 0.383. The summed E-state index contributed by atoms with van der Waals surface area (Å²) in [7, 11) is 1.38. The molecule has 6 heteroatoms. The van der Waals surface area contributed by atoms with Crippen molar-refractivity contribution in [3.8, 4) is 0 Å². The van der Waals surface area contributed by atoms with Crippen LogP contribution in [0.2, 0.25) is 0 Å². The fourth-order valence-electron chi connectivity index (χ4n) is 5.21. The Kier molecular flexibility index (Phi) is 7.25. The van der Waals surface area contributed by atoms with Crippen molar-refractivity contribution >= 4 is 5.97 Å². The van der Waals surface area contributed by atoms with E-state index in [9.17, 15) is 9.59 Å². The van der Waals surface area contributed by atoms with E-state index in [-0.39, 0.29) is 17.6 Å². The van der Waals surface area contributed by atoms with E-state index in [0.717, 1.165) is 46.7 Å². The van der Waals surface area contributed by atoms with Crippen molar-refractivity contribution in [2.45, 2.75) is 46.3 Å². The Morgan fingerprint density at radius 2 is 1.47 bits per heavy atom. The normalized spacial score (nSPS) is 13.4. The summed E-state index contributed by atoms with van der Waals surface area (Å²) < 4.78 is 6.66. The predicted octanol–water partition coefficient (Wildman–Crippen LogP) is 5.15. The van der Waals surface area contributed by atoms with Crippen LogP contribution in [0, 0.1) is 20.8 Å². The van der Waals surface area contributed by atoms with E-state index in [1.54, 1.807) is 12.1 Å². The highest BCUT2D eigenvalue weighted by molar-refractivity contribution is 5.89. The van der Waals surface area contributed by atoms with Crippen LogP contribution in [0.25, 0.3) is 0 Å². The molecule has 1 aromatic heterocycles. The second kappa shape index (κ2) is 10.8. The van der Waals surface area contributed by atoms with E-state index < -0.39 is 0 Å². The summed E-state index contributed by atoms with van der Waals surface area (Å²) in [5, 5.41) is 0. The molecule has 1 aliphatic heterocycles. The first kappa shape index (κ1) is 25.6. The van der Waals surface area contributed by atoms with Crippen LogP contribution in [-0.2, 0) is 24.2 Å². The number of aryl methyl sites for hydroxylation is 3. The molecule has 3 aromatic carbocycles. The minimum absolute atomic E-state index is 0.0180. The number of esters is 1. The molecule has 0 saturated heterocycles. The molecule has 194 valence electrons. The molecule has 4 aromatic rings. The quantitative estimate of drug-likeness (QED) is 0.338. The zero-order valence-electron chi connectivity index (χ0n) is 22.4. The van der Waals surface area contributed by atoms with Gasteiger partial charge in [-0.25, -0.2) is 9.78 Å². The number of fused-ring (bicyclic) bond motifs is 1. The van der Waals surface area contributed by atoms with E-state index in [0.29, 0.717) is 18.7 Å². The van der Waals surface area contributed by atoms with Crippen molar-refractivity contribution in [2.75, 3.05) is 13.7 Å². The Morgan fingerprint density at radius 1 is 0.895 bits per heavy atom. The molecule has 5 rings (SSSR count). The lowest BCUT2D eigenvalue weighted by Crippen LogP contribution is -2.40. The van der Waals surface area contributed by atoms with Crippen LogP contribution >= 0.6 is 0 Å². The number of hydrogen-bond acceptors (Lipinski definition) is 5. The predicted molar refractivity (Wildman–Crippen MR) is 148 cm³/mol. The second-order valence-corrected chi connectivity index (χ2v) is 10.1. The minimum Gasteiger partial charge on any atom is -0.465 e. The van der Waals surface area contributed by atoms with E-state index in [2.05, 4.69) is 67.3 Å². The molecule has 0 N–H and O–H groups in total. The highest BCUT2D eigenvalue weighted by atomic mass is 16.5. The molecule has 0 spiro atoms. The van der Waals surface area contributed by atoms with Gasteiger partial charge in [-0.1, -0.05) is 71.8 Å². The van der Waals surface area contributed by atoms with Gasteiger partial charge in [0, 0.05) is 26.1 Å². The number of methoxy groups -OCH3 is 1. The number of carbonyl (C=O) groups excluding carboxylic acids is 1. The van der Waals surface area contributed by atoms with Crippen LogP contribution in [0.5, 0.6) is 0 Å². The van der Waals surface area contributed by atoms with E-state index in [4.69, 9.17) is 9.72 Å². The molecule has 1 aliphatic rings. The molecule has 0 aliphatic carbocycles. The fraction of sp³-hybridized carbons (Fsp3) is 0.281. The van der Waals surface area contributed by atoms with Gasteiger partial charge in [-0.15, -0.1) is 0 Å². The average molecular weight is 508 g/mol. The number of aromatic nitrogens is 2. The van der Waals surface area contributed by atoms with Gasteiger partial charge in [-0.2, -0.15) is 0 Å². The van der Waals surface area contributed by atoms with E-state index >= 15 is 0 Å². The summed E-state index contributed by atoms with van der Waals surface area (Å²) in [6.07, 6.45) is 0.728. The molecular weight excluding hydrogens is 474 g/mol. The summed E-state index contributed by atoms with van der Waals surface area (Å²) >= 11 is 0. The molecule has 0 fully saturated rings. The van der Waals surface area contributed by atoms with Crippen molar-refractivity contribution in [3.63, 3.8) is 0 Å². The minimum atomic E-state index is -0.345. The van der Waals surface area contributed by atoms with E-state index in [1.807, 2.05) is 23.6 Å². The van der Waals surface area contributed by atoms with Crippen LogP contribution < -0.4 is 5.56 Å². The molecule has 0 atom stereocenters. The molecule has 0 bridgehead atoms. The van der Waals surface area contributed by atoms with Crippen molar-refractivity contribution in [1.82, 2.24) is 14.5 Å². The molecule has 0 unspecified atom stereocenters. The number of benzene rings is 3. The highest BCUT2D eigenvalue weighted by Gasteiger charge is 2.27. The maximum Gasteiger partial charge on any atom is 0.337 e. The Balaban J connectivity index is 1.50. The number of ether oxygens (including phenoxy) is 1. The maximum atomic E-state index is 14.2. The third-order valence-corrected chi connectivity index (χ3v) is 7.34. The smallest absolute Gasteiger partial charge is 0.337 e. The van der Waals surface area contributed by atoms with Crippen LogP contribution in [0.15, 0.2) is 77.6 Å². The molecule has 0 radical (unpaired) electrons. The highest BCUT2D eigenvalue weighted by Crippen LogP contribution is 2.28. The van der Waals surface area contributed by atoms with Gasteiger partial charge in [0.2, 0.25) is 0 Å². The SMILES string of the molecule is COC(=O)c1ccc(CN2CCc3nc(C)n(C(c4ccc(C)cc4)c4ccc(C)cc4)c(=O)c3C2)cc1. The standard InChI is InChI=1S/C32H33N3O3/c1-21-5-11-25(12-6-21)30(26-13-7-22(2)8-14-26)35-23(3)33-29-17-18-34(20-28(29)31(35)36)19-24-9-15-27(16-10-24)32(37)38-4/h5-16,30H,17-20H2,1-4H3. The molecule has 0 saturated carbocycles.